The van der Waals surface area contributed by atoms with Gasteiger partial charge in [-0.2, -0.15) is 0 Å². The van der Waals surface area contributed by atoms with Gasteiger partial charge in [-0.25, -0.2) is 4.79 Å². The van der Waals surface area contributed by atoms with E-state index in [1.54, 1.807) is 0 Å². The van der Waals surface area contributed by atoms with Crippen LogP contribution >= 0.6 is 15.9 Å². The van der Waals surface area contributed by atoms with Crippen molar-refractivity contribution in [2.45, 2.75) is 12.5 Å². The molecule has 0 amide bonds. The molecule has 0 aromatic heterocycles. The van der Waals surface area contributed by atoms with Crippen molar-refractivity contribution >= 4 is 27.6 Å². The fourth-order valence-corrected chi connectivity index (χ4v) is 1.70. The minimum absolute atomic E-state index is 0.158. The third kappa shape index (κ3) is 4.18. The van der Waals surface area contributed by atoms with Crippen molar-refractivity contribution in [1.29, 1.82) is 0 Å². The number of nitro groups is 1. The zero-order chi connectivity index (χ0) is 14.6. The largest absolute Gasteiger partial charge is 0.490 e. The lowest BCUT2D eigenvalue weighted by Crippen LogP contribution is -2.42. The van der Waals surface area contributed by atoms with Crippen molar-refractivity contribution < 1.29 is 24.3 Å². The number of non-ortho nitro benzene ring substituents is 1. The van der Waals surface area contributed by atoms with E-state index in [2.05, 4.69) is 20.7 Å². The first-order chi connectivity index (χ1) is 8.76. The Morgan fingerprint density at radius 3 is 2.68 bits per heavy atom. The molecule has 1 atom stereocenters. The molecule has 1 aromatic carbocycles. The van der Waals surface area contributed by atoms with E-state index in [0.29, 0.717) is 4.47 Å². The Labute approximate surface area is 117 Å². The second kappa shape index (κ2) is 5.98. The predicted octanol–water partition coefficient (Wildman–Crippen LogP) is 1.66. The molecular formula is C11H12BrNO6. The molecule has 0 aliphatic rings. The predicted molar refractivity (Wildman–Crippen MR) is 68.9 cm³/mol. The summed E-state index contributed by atoms with van der Waals surface area (Å²) in [4.78, 5) is 21.3. The number of nitro benzene ring substituents is 1. The summed E-state index contributed by atoms with van der Waals surface area (Å²) in [6.07, 6.45) is 0. The highest BCUT2D eigenvalue weighted by Crippen LogP contribution is 2.26. The van der Waals surface area contributed by atoms with Gasteiger partial charge in [0.05, 0.1) is 18.1 Å². The molecule has 0 saturated heterocycles. The monoisotopic (exact) mass is 333 g/mol. The van der Waals surface area contributed by atoms with Crippen molar-refractivity contribution in [2.75, 3.05) is 13.7 Å². The van der Waals surface area contributed by atoms with Gasteiger partial charge >= 0.3 is 5.97 Å². The van der Waals surface area contributed by atoms with Gasteiger partial charge in [0.25, 0.3) is 5.69 Å². The number of nitrogens with zero attached hydrogens (tertiary/aromatic N) is 1. The molecule has 0 radical (unpaired) electrons. The molecule has 7 nitrogen and oxygen atoms in total. The van der Waals surface area contributed by atoms with Gasteiger partial charge < -0.3 is 14.6 Å². The zero-order valence-electron chi connectivity index (χ0n) is 10.3. The number of carbonyl (C=O) groups is 1. The van der Waals surface area contributed by atoms with Gasteiger partial charge in [0.15, 0.2) is 5.60 Å². The number of benzene rings is 1. The second-order valence-electron chi connectivity index (χ2n) is 3.96. The standard InChI is InChI=1S/C11H12BrNO6/c1-11(15,10(14)18-2)6-19-9-4-7(12)3-8(5-9)13(16)17/h3-5,15H,6H2,1-2H3. The summed E-state index contributed by atoms with van der Waals surface area (Å²) in [7, 11) is 1.14. The van der Waals surface area contributed by atoms with E-state index in [1.807, 2.05) is 0 Å². The van der Waals surface area contributed by atoms with Crippen LogP contribution in [0.4, 0.5) is 5.69 Å². The van der Waals surface area contributed by atoms with Crippen LogP contribution in [0.15, 0.2) is 22.7 Å². The van der Waals surface area contributed by atoms with Crippen molar-refractivity contribution in [3.05, 3.63) is 32.8 Å². The van der Waals surface area contributed by atoms with Crippen molar-refractivity contribution in [3.8, 4) is 5.75 Å². The van der Waals surface area contributed by atoms with Gasteiger partial charge in [-0.15, -0.1) is 0 Å². The summed E-state index contributed by atoms with van der Waals surface area (Å²) in [5, 5.41) is 20.4. The minimum Gasteiger partial charge on any atom is -0.490 e. The SMILES string of the molecule is COC(=O)C(C)(O)COc1cc(Br)cc([N+](=O)[O-])c1. The topological polar surface area (TPSA) is 98.9 Å². The molecule has 8 heteroatoms. The molecule has 1 aromatic rings. The van der Waals surface area contributed by atoms with E-state index in [9.17, 15) is 20.0 Å². The van der Waals surface area contributed by atoms with Crippen LogP contribution in [-0.4, -0.2) is 35.3 Å². The van der Waals surface area contributed by atoms with Gasteiger partial charge in [-0.3, -0.25) is 10.1 Å². The molecular weight excluding hydrogens is 322 g/mol. The Balaban J connectivity index is 2.83. The first kappa shape index (κ1) is 15.4. The van der Waals surface area contributed by atoms with E-state index in [0.717, 1.165) is 7.11 Å². The van der Waals surface area contributed by atoms with E-state index in [-0.39, 0.29) is 18.0 Å². The molecule has 104 valence electrons. The van der Waals surface area contributed by atoms with Gasteiger partial charge in [0.2, 0.25) is 0 Å². The number of methoxy groups -OCH3 is 1. The number of hydrogen-bond acceptors (Lipinski definition) is 6. The fourth-order valence-electron chi connectivity index (χ4n) is 1.24. The molecule has 0 aliphatic heterocycles. The van der Waals surface area contributed by atoms with E-state index in [4.69, 9.17) is 4.74 Å². The molecule has 1 N–H and O–H groups in total. The maximum atomic E-state index is 11.2. The molecule has 0 saturated carbocycles. The minimum atomic E-state index is -1.83. The average molecular weight is 334 g/mol. The third-order valence-electron chi connectivity index (χ3n) is 2.21. The van der Waals surface area contributed by atoms with Crippen LogP contribution in [0.5, 0.6) is 5.75 Å². The number of esters is 1. The molecule has 0 bridgehead atoms. The number of hydrogen-bond donors (Lipinski definition) is 1. The van der Waals surface area contributed by atoms with Gasteiger partial charge in [0.1, 0.15) is 12.4 Å². The van der Waals surface area contributed by atoms with Crippen LogP contribution in [-0.2, 0) is 9.53 Å². The summed E-state index contributed by atoms with van der Waals surface area (Å²) < 4.78 is 10.0. The van der Waals surface area contributed by atoms with Crippen LogP contribution < -0.4 is 4.74 Å². The first-order valence-electron chi connectivity index (χ1n) is 5.15. The van der Waals surface area contributed by atoms with Crippen LogP contribution in [0, 0.1) is 10.1 Å². The van der Waals surface area contributed by atoms with Crippen molar-refractivity contribution in [3.63, 3.8) is 0 Å². The molecule has 19 heavy (non-hydrogen) atoms. The zero-order valence-corrected chi connectivity index (χ0v) is 11.8. The normalized spacial score (nSPS) is 13.5. The van der Waals surface area contributed by atoms with Crippen LogP contribution in [0.1, 0.15) is 6.92 Å². The van der Waals surface area contributed by atoms with E-state index in [1.165, 1.54) is 25.1 Å². The van der Waals surface area contributed by atoms with Gasteiger partial charge in [-0.1, -0.05) is 15.9 Å². The number of halogens is 1. The summed E-state index contributed by atoms with van der Waals surface area (Å²) in [6.45, 7) is 0.846. The fraction of sp³-hybridized carbons (Fsp3) is 0.364. The number of carbonyl (C=O) groups excluding carboxylic acids is 1. The molecule has 1 unspecified atom stereocenters. The van der Waals surface area contributed by atoms with E-state index >= 15 is 0 Å². The Morgan fingerprint density at radius 1 is 1.53 bits per heavy atom. The maximum Gasteiger partial charge on any atom is 0.341 e. The Bertz CT molecular complexity index is 502. The Morgan fingerprint density at radius 2 is 2.16 bits per heavy atom. The lowest BCUT2D eigenvalue weighted by molar-refractivity contribution is -0.385. The van der Waals surface area contributed by atoms with E-state index < -0.39 is 16.5 Å². The lowest BCUT2D eigenvalue weighted by Gasteiger charge is -2.20. The molecule has 1 rings (SSSR count). The first-order valence-corrected chi connectivity index (χ1v) is 5.94. The highest BCUT2D eigenvalue weighted by molar-refractivity contribution is 9.10. The van der Waals surface area contributed by atoms with Crippen molar-refractivity contribution in [2.24, 2.45) is 0 Å². The molecule has 0 aliphatic carbocycles. The highest BCUT2D eigenvalue weighted by Gasteiger charge is 2.32. The highest BCUT2D eigenvalue weighted by atomic mass is 79.9. The summed E-state index contributed by atoms with van der Waals surface area (Å²) in [5.41, 5.74) is -1.99. The summed E-state index contributed by atoms with van der Waals surface area (Å²) in [5.74, 6) is -0.692. The number of aliphatic hydroxyl groups is 1. The van der Waals surface area contributed by atoms with Crippen LogP contribution in [0.25, 0.3) is 0 Å². The summed E-state index contributed by atoms with van der Waals surface area (Å²) >= 11 is 3.11. The quantitative estimate of drug-likeness (QED) is 0.499. The maximum absolute atomic E-state index is 11.2. The number of rotatable bonds is 5. The summed E-state index contributed by atoms with van der Waals surface area (Å²) in [6, 6.07) is 3.99. The second-order valence-corrected chi connectivity index (χ2v) is 4.87. The lowest BCUT2D eigenvalue weighted by atomic mass is 10.1. The van der Waals surface area contributed by atoms with Crippen LogP contribution in [0.2, 0.25) is 0 Å². The number of ether oxygens (including phenoxy) is 2. The van der Waals surface area contributed by atoms with Gasteiger partial charge in [0, 0.05) is 10.5 Å². The van der Waals surface area contributed by atoms with Gasteiger partial charge in [-0.05, 0) is 13.0 Å². The molecule has 0 fully saturated rings. The molecule has 0 spiro atoms. The smallest absolute Gasteiger partial charge is 0.341 e. The Hall–Kier alpha value is -1.67. The molecule has 0 heterocycles. The average Bonchev–Trinajstić information content (AvgIpc) is 2.34. The van der Waals surface area contributed by atoms with Crippen molar-refractivity contribution in [1.82, 2.24) is 0 Å². The third-order valence-corrected chi connectivity index (χ3v) is 2.67. The van der Waals surface area contributed by atoms with Crippen LogP contribution in [0.3, 0.4) is 0 Å². The Kier molecular flexibility index (Phi) is 4.84.